The van der Waals surface area contributed by atoms with Gasteiger partial charge in [-0.05, 0) is 82.3 Å². The molecule has 5 nitrogen and oxygen atoms in total. The van der Waals surface area contributed by atoms with Crippen molar-refractivity contribution in [1.29, 1.82) is 0 Å². The van der Waals surface area contributed by atoms with Gasteiger partial charge in [-0.15, -0.1) is 0 Å². The number of nitrogens with zero attached hydrogens (tertiary/aromatic N) is 2. The molecule has 0 spiro atoms. The number of para-hydroxylation sites is 1. The van der Waals surface area contributed by atoms with Crippen LogP contribution in [0.15, 0.2) is 41.6 Å². The Morgan fingerprint density at radius 2 is 1.73 bits per heavy atom. The van der Waals surface area contributed by atoms with Crippen LogP contribution < -0.4 is 10.1 Å². The lowest BCUT2D eigenvalue weighted by Gasteiger charge is -2.34. The van der Waals surface area contributed by atoms with Crippen molar-refractivity contribution >= 4 is 24.2 Å². The first kappa shape index (κ1) is 26.9. The SMILES string of the molecule is CC1=CC(C)=[N+]2C1=C(C[C@@H](C)CC(=O)N[C@H](C)COc1c(C)cccc1C)c1c(C)cc(C)n1[B-]2(F)F. The quantitative estimate of drug-likeness (QED) is 0.437. The Kier molecular flexibility index (Phi) is 7.24. The van der Waals surface area contributed by atoms with Crippen LogP contribution in [0.25, 0.3) is 5.57 Å². The highest BCUT2D eigenvalue weighted by Crippen LogP contribution is 2.43. The van der Waals surface area contributed by atoms with Crippen LogP contribution in [0.2, 0.25) is 0 Å². The summed E-state index contributed by atoms with van der Waals surface area (Å²) in [5.41, 5.74) is 6.99. The number of amides is 1. The monoisotopic (exact) mass is 509 g/mol. The molecule has 198 valence electrons. The Hall–Kier alpha value is -3.16. The van der Waals surface area contributed by atoms with Gasteiger partial charge in [0.2, 0.25) is 5.91 Å². The Balaban J connectivity index is 1.48. The number of aromatic nitrogens is 1. The van der Waals surface area contributed by atoms with E-state index in [0.717, 1.165) is 33.6 Å². The van der Waals surface area contributed by atoms with Crippen LogP contribution in [0.4, 0.5) is 8.63 Å². The van der Waals surface area contributed by atoms with E-state index in [1.165, 1.54) is 8.96 Å². The first-order valence-electron chi connectivity index (χ1n) is 13.1. The minimum Gasteiger partial charge on any atom is -0.491 e. The van der Waals surface area contributed by atoms with Crippen molar-refractivity contribution in [1.82, 2.24) is 9.79 Å². The van der Waals surface area contributed by atoms with Gasteiger partial charge in [0.05, 0.1) is 6.04 Å². The van der Waals surface area contributed by atoms with Gasteiger partial charge in [-0.2, -0.15) is 0 Å². The number of benzene rings is 1. The molecule has 2 aromatic rings. The fourth-order valence-corrected chi connectivity index (χ4v) is 5.97. The normalized spacial score (nSPS) is 17.8. The van der Waals surface area contributed by atoms with E-state index in [1.54, 1.807) is 13.8 Å². The Bertz CT molecular complexity index is 1330. The number of ether oxygens (including phenoxy) is 1. The second-order valence-corrected chi connectivity index (χ2v) is 11.0. The maximum atomic E-state index is 15.7. The van der Waals surface area contributed by atoms with Crippen LogP contribution in [0.5, 0.6) is 5.75 Å². The van der Waals surface area contributed by atoms with Gasteiger partial charge in [-0.1, -0.05) is 25.1 Å². The van der Waals surface area contributed by atoms with Crippen LogP contribution >= 0.6 is 0 Å². The largest absolute Gasteiger partial charge is 0.737 e. The molecule has 0 radical (unpaired) electrons. The lowest BCUT2D eigenvalue weighted by molar-refractivity contribution is -0.363. The number of carbonyl (C=O) groups is 1. The Labute approximate surface area is 219 Å². The molecule has 0 unspecified atom stereocenters. The molecule has 0 aliphatic carbocycles. The Morgan fingerprint density at radius 3 is 2.38 bits per heavy atom. The van der Waals surface area contributed by atoms with Gasteiger partial charge in [0, 0.05) is 36.3 Å². The third kappa shape index (κ3) is 4.90. The molecule has 0 saturated carbocycles. The highest BCUT2D eigenvalue weighted by molar-refractivity contribution is 6.58. The van der Waals surface area contributed by atoms with E-state index in [9.17, 15) is 4.79 Å². The van der Waals surface area contributed by atoms with Crippen molar-refractivity contribution in [3.8, 4) is 5.75 Å². The molecular weight excluding hydrogens is 471 g/mol. The first-order chi connectivity index (χ1) is 17.3. The number of allylic oxidation sites excluding steroid dienone is 3. The molecule has 2 aliphatic heterocycles. The minimum atomic E-state index is -3.98. The van der Waals surface area contributed by atoms with Crippen molar-refractivity contribution < 1.29 is 22.6 Å². The van der Waals surface area contributed by atoms with Gasteiger partial charge in [-0.25, -0.2) is 0 Å². The molecule has 1 N–H and O–H groups in total. The zero-order valence-electron chi connectivity index (χ0n) is 23.2. The number of carbonyl (C=O) groups excluding carboxylic acids is 1. The molecule has 0 saturated heterocycles. The van der Waals surface area contributed by atoms with Gasteiger partial charge >= 0.3 is 6.97 Å². The van der Waals surface area contributed by atoms with Crippen molar-refractivity contribution in [2.24, 2.45) is 5.92 Å². The standard InChI is InChI=1S/C29H38BF2N3O2/c1-17(13-26(36)33-22(6)16-37-29-18(2)10-9-11-19(29)3)12-25-27-20(4)14-23(7)34(27)30(31,32)35-24(8)15-21(5)28(25)35/h9-11,14-15,17,22H,12-13,16H2,1-8H3,(H,33,36)/t17-,22-/m1/s1. The average molecular weight is 509 g/mol. The molecular formula is C29H38BF2N3O2. The topological polar surface area (TPSA) is 46.3 Å². The van der Waals surface area contributed by atoms with E-state index in [-0.39, 0.29) is 17.9 Å². The predicted octanol–water partition coefficient (Wildman–Crippen LogP) is 6.10. The van der Waals surface area contributed by atoms with Crippen LogP contribution in [0.3, 0.4) is 0 Å². The lowest BCUT2D eigenvalue weighted by atomic mass is 9.83. The zero-order chi connectivity index (χ0) is 27.2. The van der Waals surface area contributed by atoms with E-state index in [2.05, 4.69) is 5.32 Å². The molecule has 0 bridgehead atoms. The third-order valence-corrected chi connectivity index (χ3v) is 7.41. The molecule has 2 aliphatic rings. The number of aryl methyl sites for hydroxylation is 4. The fourth-order valence-electron chi connectivity index (χ4n) is 5.97. The van der Waals surface area contributed by atoms with Gasteiger partial charge in [0.15, 0.2) is 5.70 Å². The molecule has 1 aromatic carbocycles. The van der Waals surface area contributed by atoms with Crippen molar-refractivity contribution in [3.63, 3.8) is 0 Å². The molecule has 37 heavy (non-hydrogen) atoms. The van der Waals surface area contributed by atoms with Crippen LogP contribution in [-0.4, -0.2) is 40.2 Å². The van der Waals surface area contributed by atoms with Gasteiger partial charge in [-0.3, -0.25) is 4.79 Å². The minimum absolute atomic E-state index is 0.0351. The first-order valence-corrected chi connectivity index (χ1v) is 13.1. The molecule has 2 atom stereocenters. The number of nitrogens with one attached hydrogen (secondary N) is 1. The van der Waals surface area contributed by atoms with Crippen molar-refractivity contribution in [3.05, 3.63) is 69.7 Å². The summed E-state index contributed by atoms with van der Waals surface area (Å²) < 4.78 is 39.9. The molecule has 0 fully saturated rings. The Morgan fingerprint density at radius 1 is 1.08 bits per heavy atom. The predicted molar refractivity (Wildman–Crippen MR) is 146 cm³/mol. The van der Waals surface area contributed by atoms with E-state index < -0.39 is 6.97 Å². The second kappa shape index (κ2) is 9.95. The maximum Gasteiger partial charge on any atom is 0.737 e. The maximum absolute atomic E-state index is 15.7. The molecule has 4 rings (SSSR count). The van der Waals surface area contributed by atoms with E-state index in [1.807, 2.05) is 71.9 Å². The van der Waals surface area contributed by atoms with Crippen LogP contribution in [0.1, 0.15) is 68.6 Å². The highest BCUT2D eigenvalue weighted by Gasteiger charge is 2.54. The van der Waals surface area contributed by atoms with Gasteiger partial charge in [0.1, 0.15) is 18.1 Å². The molecule has 1 aromatic heterocycles. The van der Waals surface area contributed by atoms with E-state index >= 15 is 8.63 Å². The summed E-state index contributed by atoms with van der Waals surface area (Å²) in [6.45, 7) is 11.6. The summed E-state index contributed by atoms with van der Waals surface area (Å²) in [6.07, 6.45) is 2.66. The zero-order valence-corrected chi connectivity index (χ0v) is 23.2. The summed E-state index contributed by atoms with van der Waals surface area (Å²) >= 11 is 0. The van der Waals surface area contributed by atoms with E-state index in [4.69, 9.17) is 4.74 Å². The number of halogens is 2. The summed E-state index contributed by atoms with van der Waals surface area (Å²) in [7, 11) is 0. The third-order valence-electron chi connectivity index (χ3n) is 7.41. The van der Waals surface area contributed by atoms with Gasteiger partial charge in [0.25, 0.3) is 0 Å². The second-order valence-electron chi connectivity index (χ2n) is 11.0. The number of hydrogen-bond acceptors (Lipinski definition) is 2. The highest BCUT2D eigenvalue weighted by atomic mass is 19.2. The van der Waals surface area contributed by atoms with Crippen molar-refractivity contribution in [2.45, 2.75) is 74.3 Å². The average Bonchev–Trinajstić information content (AvgIpc) is 3.26. The van der Waals surface area contributed by atoms with E-state index in [0.29, 0.717) is 42.2 Å². The number of rotatable bonds is 8. The van der Waals surface area contributed by atoms with Crippen molar-refractivity contribution in [2.75, 3.05) is 6.61 Å². The summed E-state index contributed by atoms with van der Waals surface area (Å²) in [6, 6.07) is 7.68. The number of fused-ring (bicyclic) bond motifs is 2. The molecule has 8 heteroatoms. The van der Waals surface area contributed by atoms with Crippen LogP contribution in [-0.2, 0) is 4.79 Å². The summed E-state index contributed by atoms with van der Waals surface area (Å²) in [4.78, 5) is 12.9. The van der Waals surface area contributed by atoms with Crippen LogP contribution in [0, 0.1) is 33.6 Å². The lowest BCUT2D eigenvalue weighted by Crippen LogP contribution is -2.51. The summed E-state index contributed by atoms with van der Waals surface area (Å²) in [5.74, 6) is 0.751. The van der Waals surface area contributed by atoms with Gasteiger partial charge < -0.3 is 27.6 Å². The fraction of sp³-hybridized carbons (Fsp3) is 0.448. The molecule has 1 amide bonds. The summed E-state index contributed by atoms with van der Waals surface area (Å²) in [5, 5.41) is 3.04. The number of hydrogen-bond donors (Lipinski definition) is 1. The molecule has 3 heterocycles. The smallest absolute Gasteiger partial charge is 0.491 e.